The Bertz CT molecular complexity index is 596. The minimum atomic E-state index is -1.45. The van der Waals surface area contributed by atoms with Crippen LogP contribution >= 0.6 is 0 Å². The van der Waals surface area contributed by atoms with Crippen molar-refractivity contribution < 1.29 is 13.5 Å². The fourth-order valence-corrected chi connectivity index (χ4v) is 4.31. The lowest BCUT2D eigenvalue weighted by Gasteiger charge is -2.32. The zero-order valence-electron chi connectivity index (χ0n) is 14.4. The van der Waals surface area contributed by atoms with Crippen molar-refractivity contribution in [2.24, 2.45) is 5.92 Å². The number of nitrogens with zero attached hydrogens (tertiary/aromatic N) is 3. The highest BCUT2D eigenvalue weighted by atomic mass is 19.2. The van der Waals surface area contributed by atoms with Gasteiger partial charge in [0.1, 0.15) is 12.1 Å². The number of fused-ring (bicyclic) bond motifs is 1. The van der Waals surface area contributed by atoms with Gasteiger partial charge in [-0.3, -0.25) is 5.43 Å². The van der Waals surface area contributed by atoms with Crippen molar-refractivity contribution in [2.75, 3.05) is 24.6 Å². The molecular weight excluding hydrogens is 328 g/mol. The zero-order valence-corrected chi connectivity index (χ0v) is 14.4. The minimum Gasteiger partial charge on any atom is -0.378 e. The molecule has 2 N–H and O–H groups in total. The number of hydrazine groups is 1. The lowest BCUT2D eigenvalue weighted by molar-refractivity contribution is 0.0149. The number of rotatable bonds is 4. The first-order valence-corrected chi connectivity index (χ1v) is 9.13. The number of halogens is 2. The maximum absolute atomic E-state index is 13.5. The predicted octanol–water partition coefficient (Wildman–Crippen LogP) is 1.70. The first-order chi connectivity index (χ1) is 12.2. The summed E-state index contributed by atoms with van der Waals surface area (Å²) in [6.45, 7) is 2.85. The van der Waals surface area contributed by atoms with Gasteiger partial charge in [0.15, 0.2) is 12.3 Å². The standard InChI is InChI=1S/C17H25F2N5O/c1-2-25-10-3-4-14-11(5-10)17(23-22-14)15-6-16(21-9-20-15)24-7-12(18)13(19)8-24/h6,9-14,17,22-23H,2-5,7-8H2,1H3/t10?,11?,12-,13-,14?,17?/m0/s1. The van der Waals surface area contributed by atoms with Crippen molar-refractivity contribution in [3.8, 4) is 0 Å². The van der Waals surface area contributed by atoms with Crippen LogP contribution in [-0.4, -0.2) is 54.2 Å². The van der Waals surface area contributed by atoms with Crippen molar-refractivity contribution in [3.63, 3.8) is 0 Å². The van der Waals surface area contributed by atoms with E-state index in [4.69, 9.17) is 4.74 Å². The van der Waals surface area contributed by atoms with E-state index in [-0.39, 0.29) is 25.2 Å². The molecule has 2 aliphatic heterocycles. The highest BCUT2D eigenvalue weighted by Gasteiger charge is 2.42. The second-order valence-electron chi connectivity index (χ2n) is 7.17. The van der Waals surface area contributed by atoms with E-state index in [0.717, 1.165) is 31.6 Å². The molecule has 1 aliphatic carbocycles. The summed E-state index contributed by atoms with van der Waals surface area (Å²) in [4.78, 5) is 10.3. The maximum Gasteiger partial charge on any atom is 0.150 e. The van der Waals surface area contributed by atoms with E-state index in [1.807, 2.05) is 13.0 Å². The van der Waals surface area contributed by atoms with E-state index in [1.54, 1.807) is 4.90 Å². The molecule has 0 bridgehead atoms. The third kappa shape index (κ3) is 3.35. The molecule has 6 atom stereocenters. The van der Waals surface area contributed by atoms with Crippen LogP contribution in [0.1, 0.15) is 37.9 Å². The smallest absolute Gasteiger partial charge is 0.150 e. The average molecular weight is 353 g/mol. The van der Waals surface area contributed by atoms with Crippen LogP contribution in [0.5, 0.6) is 0 Å². The Morgan fingerprint density at radius 3 is 2.76 bits per heavy atom. The Kier molecular flexibility index (Phi) is 4.84. The van der Waals surface area contributed by atoms with Gasteiger partial charge in [0.25, 0.3) is 0 Å². The Hall–Kier alpha value is -1.38. The molecule has 8 heteroatoms. The number of anilines is 1. The first-order valence-electron chi connectivity index (χ1n) is 9.13. The predicted molar refractivity (Wildman–Crippen MR) is 89.6 cm³/mol. The molecule has 4 unspecified atom stereocenters. The molecule has 25 heavy (non-hydrogen) atoms. The van der Waals surface area contributed by atoms with Crippen molar-refractivity contribution in [3.05, 3.63) is 18.1 Å². The quantitative estimate of drug-likeness (QED) is 0.859. The van der Waals surface area contributed by atoms with E-state index >= 15 is 0 Å². The van der Waals surface area contributed by atoms with Crippen molar-refractivity contribution >= 4 is 5.82 Å². The van der Waals surface area contributed by atoms with Gasteiger partial charge in [-0.15, -0.1) is 0 Å². The number of nitrogens with one attached hydrogen (secondary N) is 2. The lowest BCUT2D eigenvalue weighted by Crippen LogP contribution is -2.37. The van der Waals surface area contributed by atoms with Crippen molar-refractivity contribution in [1.29, 1.82) is 0 Å². The second-order valence-corrected chi connectivity index (χ2v) is 7.17. The van der Waals surface area contributed by atoms with Crippen LogP contribution in [0.3, 0.4) is 0 Å². The van der Waals surface area contributed by atoms with Gasteiger partial charge in [0, 0.05) is 24.6 Å². The van der Waals surface area contributed by atoms with E-state index in [0.29, 0.717) is 17.8 Å². The van der Waals surface area contributed by atoms with Crippen LogP contribution in [0.15, 0.2) is 12.4 Å². The summed E-state index contributed by atoms with van der Waals surface area (Å²) >= 11 is 0. The van der Waals surface area contributed by atoms with Crippen LogP contribution in [0.25, 0.3) is 0 Å². The third-order valence-electron chi connectivity index (χ3n) is 5.60. The molecule has 6 nitrogen and oxygen atoms in total. The molecule has 1 saturated carbocycles. The molecule has 0 spiro atoms. The minimum absolute atomic E-state index is 0.0480. The highest BCUT2D eigenvalue weighted by molar-refractivity contribution is 5.42. The summed E-state index contributed by atoms with van der Waals surface area (Å²) in [5.74, 6) is 0.977. The summed E-state index contributed by atoms with van der Waals surface area (Å²) in [5, 5.41) is 0. The zero-order chi connectivity index (χ0) is 17.4. The first kappa shape index (κ1) is 17.1. The number of hydrogen-bond donors (Lipinski definition) is 2. The summed E-state index contributed by atoms with van der Waals surface area (Å²) in [5.41, 5.74) is 7.58. The lowest BCUT2D eigenvalue weighted by atomic mass is 9.79. The van der Waals surface area contributed by atoms with Gasteiger partial charge in [0.05, 0.1) is 30.9 Å². The molecule has 4 rings (SSSR count). The summed E-state index contributed by atoms with van der Waals surface area (Å²) in [7, 11) is 0. The molecule has 0 radical (unpaired) electrons. The van der Waals surface area contributed by atoms with Gasteiger partial charge in [-0.25, -0.2) is 24.2 Å². The van der Waals surface area contributed by atoms with Crippen LogP contribution in [0.2, 0.25) is 0 Å². The van der Waals surface area contributed by atoms with Gasteiger partial charge in [-0.05, 0) is 26.2 Å². The molecule has 0 amide bonds. The molecule has 138 valence electrons. The maximum atomic E-state index is 13.5. The Morgan fingerprint density at radius 2 is 2.00 bits per heavy atom. The van der Waals surface area contributed by atoms with Gasteiger partial charge >= 0.3 is 0 Å². The molecule has 1 aromatic rings. The van der Waals surface area contributed by atoms with Crippen molar-refractivity contribution in [1.82, 2.24) is 20.8 Å². The molecule has 3 fully saturated rings. The summed E-state index contributed by atoms with van der Waals surface area (Å²) in [6.07, 6.45) is 1.99. The van der Waals surface area contributed by atoms with Gasteiger partial charge < -0.3 is 9.64 Å². The molecule has 3 aliphatic rings. The second kappa shape index (κ2) is 7.09. The van der Waals surface area contributed by atoms with Crippen LogP contribution in [-0.2, 0) is 4.74 Å². The van der Waals surface area contributed by atoms with E-state index in [2.05, 4.69) is 20.8 Å². The fraction of sp³-hybridized carbons (Fsp3) is 0.765. The Balaban J connectivity index is 1.51. The highest BCUT2D eigenvalue weighted by Crippen LogP contribution is 2.39. The van der Waals surface area contributed by atoms with E-state index in [9.17, 15) is 8.78 Å². The Morgan fingerprint density at radius 1 is 1.20 bits per heavy atom. The molecule has 0 aromatic carbocycles. The summed E-state index contributed by atoms with van der Waals surface area (Å²) in [6, 6.07) is 2.31. The van der Waals surface area contributed by atoms with Crippen molar-refractivity contribution in [2.45, 2.75) is 56.7 Å². The Labute approximate surface area is 146 Å². The van der Waals surface area contributed by atoms with Crippen LogP contribution in [0, 0.1) is 5.92 Å². The van der Waals surface area contributed by atoms with Gasteiger partial charge in [0.2, 0.25) is 0 Å². The average Bonchev–Trinajstić information content (AvgIpc) is 3.19. The molecule has 2 saturated heterocycles. The normalized spacial score (nSPS) is 38.1. The largest absolute Gasteiger partial charge is 0.378 e. The molecular formula is C17H25F2N5O. The molecule has 3 heterocycles. The van der Waals surface area contributed by atoms with E-state index < -0.39 is 12.3 Å². The van der Waals surface area contributed by atoms with Crippen LogP contribution in [0.4, 0.5) is 14.6 Å². The third-order valence-corrected chi connectivity index (χ3v) is 5.60. The SMILES string of the molecule is CCOC1CCC2NNC(c3cc(N4C[C@H](F)[C@@H](F)C4)ncn3)C2C1. The van der Waals surface area contributed by atoms with Gasteiger partial charge in [-0.1, -0.05) is 0 Å². The fourth-order valence-electron chi connectivity index (χ4n) is 4.31. The number of aromatic nitrogens is 2. The topological polar surface area (TPSA) is 62.3 Å². The summed E-state index contributed by atoms with van der Waals surface area (Å²) < 4.78 is 32.8. The monoisotopic (exact) mass is 353 g/mol. The molecule has 1 aromatic heterocycles. The van der Waals surface area contributed by atoms with Gasteiger partial charge in [-0.2, -0.15) is 0 Å². The number of ether oxygens (including phenoxy) is 1. The number of alkyl halides is 2. The number of hydrogen-bond acceptors (Lipinski definition) is 6. The van der Waals surface area contributed by atoms with Crippen LogP contribution < -0.4 is 15.8 Å². The van der Waals surface area contributed by atoms with E-state index in [1.165, 1.54) is 6.33 Å².